The van der Waals surface area contributed by atoms with E-state index in [1.54, 1.807) is 0 Å². The minimum atomic E-state index is 0.785. The third-order valence-electron chi connectivity index (χ3n) is 2.03. The van der Waals surface area contributed by atoms with Crippen molar-refractivity contribution in [2.24, 2.45) is 11.5 Å². The molecule has 0 radical (unpaired) electrons. The fourth-order valence-electron chi connectivity index (χ4n) is 1.17. The summed E-state index contributed by atoms with van der Waals surface area (Å²) in [4.78, 5) is 0. The van der Waals surface area contributed by atoms with Crippen molar-refractivity contribution in [3.05, 3.63) is 24.3 Å². The van der Waals surface area contributed by atoms with E-state index < -0.39 is 0 Å². The number of hydrogen-bond donors (Lipinski definition) is 2. The van der Waals surface area contributed by atoms with Gasteiger partial charge in [0.15, 0.2) is 0 Å². The van der Waals surface area contributed by atoms with E-state index in [9.17, 15) is 0 Å². The van der Waals surface area contributed by atoms with Crippen LogP contribution in [0.5, 0.6) is 0 Å². The molecule has 0 saturated carbocycles. The molecule has 0 amide bonds. The van der Waals surface area contributed by atoms with Crippen LogP contribution in [0.15, 0.2) is 24.3 Å². The van der Waals surface area contributed by atoms with Gasteiger partial charge in [0.1, 0.15) is 0 Å². The molecule has 0 fully saturated rings. The molecule has 0 aliphatic heterocycles. The van der Waals surface area contributed by atoms with Crippen LogP contribution in [0.1, 0.15) is 38.5 Å². The van der Waals surface area contributed by atoms with Gasteiger partial charge in [-0.1, -0.05) is 30.7 Å². The number of unbranched alkanes of at least 4 members (excludes halogenated alkanes) is 4. The molecule has 0 heterocycles. The number of allylic oxidation sites excluding steroid dienone is 4. The molecular weight excluding hydrogens is 172 g/mol. The van der Waals surface area contributed by atoms with Crippen molar-refractivity contribution in [2.45, 2.75) is 38.5 Å². The van der Waals surface area contributed by atoms with E-state index in [0.717, 1.165) is 32.4 Å². The highest BCUT2D eigenvalue weighted by Crippen LogP contribution is 1.99. The molecule has 0 aromatic rings. The molecule has 0 aliphatic carbocycles. The van der Waals surface area contributed by atoms with Crippen LogP contribution < -0.4 is 11.5 Å². The average Bonchev–Trinajstić information content (AvgIpc) is 2.21. The van der Waals surface area contributed by atoms with Crippen LogP contribution >= 0.6 is 0 Å². The Hall–Kier alpha value is -0.600. The standard InChI is InChI=1S/C12H24N2/c13-11-9-7-5-3-1-2-4-6-8-10-12-14/h1-3,5H,4,6-14H2. The van der Waals surface area contributed by atoms with Crippen LogP contribution in [0.25, 0.3) is 0 Å². The van der Waals surface area contributed by atoms with Gasteiger partial charge >= 0.3 is 0 Å². The summed E-state index contributed by atoms with van der Waals surface area (Å²) in [5.41, 5.74) is 10.8. The predicted molar refractivity (Wildman–Crippen MR) is 64.1 cm³/mol. The van der Waals surface area contributed by atoms with Crippen LogP contribution in [0.2, 0.25) is 0 Å². The lowest BCUT2D eigenvalue weighted by atomic mass is 10.2. The molecule has 0 aromatic heterocycles. The third-order valence-corrected chi connectivity index (χ3v) is 2.03. The van der Waals surface area contributed by atoms with Gasteiger partial charge in [0.2, 0.25) is 0 Å². The summed E-state index contributed by atoms with van der Waals surface area (Å²) in [5.74, 6) is 0. The minimum absolute atomic E-state index is 0.785. The quantitative estimate of drug-likeness (QED) is 0.439. The van der Waals surface area contributed by atoms with Crippen molar-refractivity contribution >= 4 is 0 Å². The van der Waals surface area contributed by atoms with Crippen LogP contribution in [-0.2, 0) is 0 Å². The largest absolute Gasteiger partial charge is 0.330 e. The highest BCUT2D eigenvalue weighted by molar-refractivity contribution is 5.02. The first-order valence-electron chi connectivity index (χ1n) is 5.63. The Kier molecular flexibility index (Phi) is 11.9. The molecule has 0 unspecified atom stereocenters. The topological polar surface area (TPSA) is 52.0 Å². The van der Waals surface area contributed by atoms with E-state index in [1.807, 2.05) is 0 Å². The van der Waals surface area contributed by atoms with Gasteiger partial charge in [-0.05, 0) is 45.2 Å². The van der Waals surface area contributed by atoms with Crippen LogP contribution in [0.3, 0.4) is 0 Å². The average molecular weight is 196 g/mol. The second-order valence-electron chi connectivity index (χ2n) is 3.43. The number of rotatable bonds is 9. The van der Waals surface area contributed by atoms with Gasteiger partial charge in [0.25, 0.3) is 0 Å². The maximum Gasteiger partial charge on any atom is -0.00743 e. The summed E-state index contributed by atoms with van der Waals surface area (Å²) >= 11 is 0. The van der Waals surface area contributed by atoms with E-state index in [0.29, 0.717) is 0 Å². The highest BCUT2D eigenvalue weighted by Gasteiger charge is 1.83. The molecule has 0 atom stereocenters. The van der Waals surface area contributed by atoms with Crippen molar-refractivity contribution in [2.75, 3.05) is 13.1 Å². The summed E-state index contributed by atoms with van der Waals surface area (Å²) < 4.78 is 0. The molecule has 82 valence electrons. The van der Waals surface area contributed by atoms with E-state index >= 15 is 0 Å². The Morgan fingerprint density at radius 2 is 1.21 bits per heavy atom. The smallest absolute Gasteiger partial charge is 0.00743 e. The SMILES string of the molecule is NCCCC=CC=CCCCCCN. The molecule has 0 rings (SSSR count). The summed E-state index contributed by atoms with van der Waals surface area (Å²) in [7, 11) is 0. The lowest BCUT2D eigenvalue weighted by molar-refractivity contribution is 0.695. The van der Waals surface area contributed by atoms with Gasteiger partial charge < -0.3 is 11.5 Å². The third kappa shape index (κ3) is 11.4. The highest BCUT2D eigenvalue weighted by atomic mass is 14.5. The first-order chi connectivity index (χ1) is 6.91. The van der Waals surface area contributed by atoms with Crippen LogP contribution in [0, 0.1) is 0 Å². The zero-order chi connectivity index (χ0) is 10.5. The Labute approximate surface area is 88.1 Å². The van der Waals surface area contributed by atoms with Crippen molar-refractivity contribution in [3.63, 3.8) is 0 Å². The zero-order valence-electron chi connectivity index (χ0n) is 9.12. The van der Waals surface area contributed by atoms with E-state index in [2.05, 4.69) is 24.3 Å². The molecule has 4 N–H and O–H groups in total. The van der Waals surface area contributed by atoms with Gasteiger partial charge in [0, 0.05) is 0 Å². The maximum absolute atomic E-state index is 5.40. The van der Waals surface area contributed by atoms with Crippen molar-refractivity contribution in [1.82, 2.24) is 0 Å². The summed E-state index contributed by atoms with van der Waals surface area (Å²) in [6, 6.07) is 0. The fraction of sp³-hybridized carbons (Fsp3) is 0.667. The second-order valence-corrected chi connectivity index (χ2v) is 3.43. The van der Waals surface area contributed by atoms with Gasteiger partial charge in [-0.2, -0.15) is 0 Å². The summed E-state index contributed by atoms with van der Waals surface area (Å²) in [6.45, 7) is 1.61. The Morgan fingerprint density at radius 1 is 0.643 bits per heavy atom. The van der Waals surface area contributed by atoms with E-state index in [4.69, 9.17) is 11.5 Å². The molecule has 0 aromatic carbocycles. The predicted octanol–water partition coefficient (Wildman–Crippen LogP) is 2.36. The van der Waals surface area contributed by atoms with E-state index in [1.165, 1.54) is 19.3 Å². The van der Waals surface area contributed by atoms with Crippen molar-refractivity contribution in [1.29, 1.82) is 0 Å². The summed E-state index contributed by atoms with van der Waals surface area (Å²) in [6.07, 6.45) is 15.6. The fourth-order valence-corrected chi connectivity index (χ4v) is 1.17. The molecule has 0 bridgehead atoms. The molecule has 14 heavy (non-hydrogen) atoms. The molecule has 0 saturated heterocycles. The monoisotopic (exact) mass is 196 g/mol. The van der Waals surface area contributed by atoms with E-state index in [-0.39, 0.29) is 0 Å². The van der Waals surface area contributed by atoms with Gasteiger partial charge in [-0.25, -0.2) is 0 Å². The molecular formula is C12H24N2. The van der Waals surface area contributed by atoms with Crippen molar-refractivity contribution < 1.29 is 0 Å². The molecule has 2 nitrogen and oxygen atoms in total. The maximum atomic E-state index is 5.40. The van der Waals surface area contributed by atoms with Gasteiger partial charge in [-0.15, -0.1) is 0 Å². The minimum Gasteiger partial charge on any atom is -0.330 e. The summed E-state index contributed by atoms with van der Waals surface area (Å²) in [5, 5.41) is 0. The molecule has 0 aliphatic rings. The normalized spacial score (nSPS) is 11.9. The van der Waals surface area contributed by atoms with Gasteiger partial charge in [-0.3, -0.25) is 0 Å². The Balaban J connectivity index is 3.14. The lowest BCUT2D eigenvalue weighted by Gasteiger charge is -1.93. The Bertz CT molecular complexity index is 150. The van der Waals surface area contributed by atoms with Gasteiger partial charge in [0.05, 0.1) is 0 Å². The lowest BCUT2D eigenvalue weighted by Crippen LogP contribution is -1.97. The first-order valence-corrected chi connectivity index (χ1v) is 5.63. The first kappa shape index (κ1) is 13.4. The number of hydrogen-bond acceptors (Lipinski definition) is 2. The van der Waals surface area contributed by atoms with Crippen LogP contribution in [-0.4, -0.2) is 13.1 Å². The second kappa shape index (κ2) is 12.4. The van der Waals surface area contributed by atoms with Crippen molar-refractivity contribution in [3.8, 4) is 0 Å². The molecule has 2 heteroatoms. The number of nitrogens with two attached hydrogens (primary N) is 2. The molecule has 0 spiro atoms. The van der Waals surface area contributed by atoms with Crippen LogP contribution in [0.4, 0.5) is 0 Å². The Morgan fingerprint density at radius 3 is 1.79 bits per heavy atom. The zero-order valence-corrected chi connectivity index (χ0v) is 9.12.